The molecule has 5 rings (SSSR count). The minimum atomic E-state index is -3.21. The molecule has 8 nitrogen and oxygen atoms in total. The number of carboxylic acid groups (broad SMARTS) is 1. The molecule has 220 valence electrons. The Bertz CT molecular complexity index is 1370. The lowest BCUT2D eigenvalue weighted by Crippen LogP contribution is -2.54. The molecule has 0 radical (unpaired) electrons. The summed E-state index contributed by atoms with van der Waals surface area (Å²) in [7, 11) is -3.21. The number of hydrogen-bond acceptors (Lipinski definition) is 4. The molecule has 2 aliphatic heterocycles. The first kappa shape index (κ1) is 29.7. The van der Waals surface area contributed by atoms with Crippen molar-refractivity contribution < 1.29 is 24.1 Å². The fraction of sp³-hybridized carbons (Fsp3) is 0.364. The van der Waals surface area contributed by atoms with Crippen LogP contribution in [0, 0.1) is 0 Å². The average molecular weight is 588 g/mol. The topological polar surface area (TPSA) is 107 Å². The van der Waals surface area contributed by atoms with E-state index in [2.05, 4.69) is 5.09 Å². The standard InChI is InChI=1S/C33H38N3O5P/c37-31(35-20-10-18-29(35)32(38)36-21-11-19-30(36)33(39)40)28(22-25-12-4-1-5-13-25)34-42(41,23-26-14-6-2-7-15-26)24-27-16-8-3-9-17-27/h1-9,12-17,28-30H,10-11,18-24H2,(H,34,41)(H,39,40)/t28-,29-,30-/m0/s1. The summed E-state index contributed by atoms with van der Waals surface area (Å²) in [6, 6.07) is 26.5. The molecule has 3 aromatic rings. The fourth-order valence-electron chi connectivity index (χ4n) is 6.19. The molecule has 0 spiro atoms. The van der Waals surface area contributed by atoms with Crippen LogP contribution in [0.25, 0.3) is 0 Å². The number of aliphatic carboxylic acids is 1. The Morgan fingerprint density at radius 3 is 1.74 bits per heavy atom. The molecule has 2 fully saturated rings. The molecule has 2 heterocycles. The zero-order valence-electron chi connectivity index (χ0n) is 23.7. The van der Waals surface area contributed by atoms with E-state index >= 15 is 0 Å². The molecule has 0 bridgehead atoms. The van der Waals surface area contributed by atoms with Gasteiger partial charge >= 0.3 is 5.97 Å². The molecule has 9 heteroatoms. The van der Waals surface area contributed by atoms with Crippen molar-refractivity contribution >= 4 is 25.1 Å². The van der Waals surface area contributed by atoms with Gasteiger partial charge in [-0.25, -0.2) is 4.79 Å². The molecule has 0 saturated carbocycles. The predicted octanol–water partition coefficient (Wildman–Crippen LogP) is 4.93. The van der Waals surface area contributed by atoms with Crippen molar-refractivity contribution in [2.24, 2.45) is 0 Å². The van der Waals surface area contributed by atoms with Gasteiger partial charge in [-0.2, -0.15) is 0 Å². The first-order valence-corrected chi connectivity index (χ1v) is 16.7. The average Bonchev–Trinajstić information content (AvgIpc) is 3.68. The Morgan fingerprint density at radius 2 is 1.21 bits per heavy atom. The molecule has 0 unspecified atom stereocenters. The van der Waals surface area contributed by atoms with Crippen LogP contribution >= 0.6 is 7.29 Å². The smallest absolute Gasteiger partial charge is 0.326 e. The number of nitrogens with one attached hydrogen (secondary N) is 1. The minimum absolute atomic E-state index is 0.276. The zero-order valence-corrected chi connectivity index (χ0v) is 24.6. The van der Waals surface area contributed by atoms with Crippen LogP contribution in [0.2, 0.25) is 0 Å². The lowest BCUT2D eigenvalue weighted by Gasteiger charge is -2.34. The van der Waals surface area contributed by atoms with Crippen LogP contribution in [0.1, 0.15) is 42.4 Å². The van der Waals surface area contributed by atoms with Gasteiger partial charge in [-0.3, -0.25) is 14.7 Å². The summed E-state index contributed by atoms with van der Waals surface area (Å²) in [5.41, 5.74) is 2.75. The number of rotatable bonds is 11. The third kappa shape index (κ3) is 7.18. The fourth-order valence-corrected chi connectivity index (χ4v) is 8.86. The van der Waals surface area contributed by atoms with Gasteiger partial charge in [0.15, 0.2) is 7.29 Å². The first-order valence-electron chi connectivity index (χ1n) is 14.6. The zero-order chi connectivity index (χ0) is 29.5. The number of hydrogen-bond donors (Lipinski definition) is 2. The molecule has 2 aliphatic rings. The Kier molecular flexibility index (Phi) is 9.55. The van der Waals surface area contributed by atoms with Gasteiger partial charge in [0.1, 0.15) is 12.1 Å². The molecule has 0 aliphatic carbocycles. The van der Waals surface area contributed by atoms with Gasteiger partial charge in [-0.1, -0.05) is 91.0 Å². The molecular formula is C33H38N3O5P. The summed E-state index contributed by atoms with van der Waals surface area (Å²) in [6.07, 6.45) is 3.04. The highest BCUT2D eigenvalue weighted by Crippen LogP contribution is 2.49. The monoisotopic (exact) mass is 587 g/mol. The van der Waals surface area contributed by atoms with Crippen LogP contribution in [-0.2, 0) is 37.7 Å². The molecule has 3 aromatic carbocycles. The summed E-state index contributed by atoms with van der Waals surface area (Å²) >= 11 is 0. The number of carboxylic acids is 1. The number of carbonyl (C=O) groups is 3. The normalized spacial score (nSPS) is 19.5. The SMILES string of the molecule is O=C(O)[C@@H]1CCCN1C(=O)[C@@H]1CCCN1C(=O)[C@H](Cc1ccccc1)NP(=O)(Cc1ccccc1)Cc1ccccc1. The maximum absolute atomic E-state index is 14.8. The van der Waals surface area contributed by atoms with Gasteiger partial charge in [0.2, 0.25) is 11.8 Å². The van der Waals surface area contributed by atoms with E-state index in [-0.39, 0.29) is 24.1 Å². The molecule has 2 N–H and O–H groups in total. The van der Waals surface area contributed by atoms with Crippen LogP contribution in [0.3, 0.4) is 0 Å². The lowest BCUT2D eigenvalue weighted by atomic mass is 10.0. The van der Waals surface area contributed by atoms with Crippen molar-refractivity contribution in [3.63, 3.8) is 0 Å². The molecule has 3 atom stereocenters. The van der Waals surface area contributed by atoms with Crippen LogP contribution in [0.15, 0.2) is 91.0 Å². The maximum atomic E-state index is 14.8. The largest absolute Gasteiger partial charge is 0.480 e. The second-order valence-electron chi connectivity index (χ2n) is 11.3. The van der Waals surface area contributed by atoms with E-state index in [1.54, 1.807) is 4.90 Å². The number of likely N-dealkylation sites (tertiary alicyclic amines) is 2. The van der Waals surface area contributed by atoms with Gasteiger partial charge in [0, 0.05) is 25.4 Å². The van der Waals surface area contributed by atoms with E-state index in [9.17, 15) is 24.1 Å². The van der Waals surface area contributed by atoms with Crippen LogP contribution < -0.4 is 5.09 Å². The first-order chi connectivity index (χ1) is 20.3. The van der Waals surface area contributed by atoms with E-state index in [4.69, 9.17) is 0 Å². The van der Waals surface area contributed by atoms with Crippen LogP contribution in [0.5, 0.6) is 0 Å². The van der Waals surface area contributed by atoms with Crippen molar-refractivity contribution in [3.05, 3.63) is 108 Å². The highest BCUT2D eigenvalue weighted by atomic mass is 31.2. The van der Waals surface area contributed by atoms with Crippen molar-refractivity contribution in [2.45, 2.75) is 62.6 Å². The maximum Gasteiger partial charge on any atom is 0.326 e. The van der Waals surface area contributed by atoms with Gasteiger partial charge in [-0.05, 0) is 48.8 Å². The quantitative estimate of drug-likeness (QED) is 0.308. The Labute approximate surface area is 247 Å². The van der Waals surface area contributed by atoms with E-state index < -0.39 is 31.4 Å². The summed E-state index contributed by atoms with van der Waals surface area (Å²) in [5.74, 6) is -1.59. The summed E-state index contributed by atoms with van der Waals surface area (Å²) in [5, 5.41) is 13.0. The highest BCUT2D eigenvalue weighted by molar-refractivity contribution is 7.60. The highest BCUT2D eigenvalue weighted by Gasteiger charge is 2.44. The predicted molar refractivity (Wildman–Crippen MR) is 162 cm³/mol. The molecule has 2 saturated heterocycles. The van der Waals surface area contributed by atoms with Crippen molar-refractivity contribution in [1.29, 1.82) is 0 Å². The second kappa shape index (κ2) is 13.5. The summed E-state index contributed by atoms with van der Waals surface area (Å²) in [6.45, 7) is 0.777. The van der Waals surface area contributed by atoms with E-state index in [1.165, 1.54) is 4.90 Å². The third-order valence-electron chi connectivity index (χ3n) is 8.18. The van der Waals surface area contributed by atoms with Gasteiger partial charge in [0.25, 0.3) is 0 Å². The second-order valence-corrected chi connectivity index (χ2v) is 13.9. The van der Waals surface area contributed by atoms with Crippen molar-refractivity contribution in [3.8, 4) is 0 Å². The number of carbonyl (C=O) groups excluding carboxylic acids is 2. The van der Waals surface area contributed by atoms with Crippen LogP contribution in [0.4, 0.5) is 0 Å². The summed E-state index contributed by atoms with van der Waals surface area (Å²) in [4.78, 5) is 42.8. The van der Waals surface area contributed by atoms with Gasteiger partial charge < -0.3 is 19.5 Å². The van der Waals surface area contributed by atoms with E-state index in [1.807, 2.05) is 91.0 Å². The molecular weight excluding hydrogens is 549 g/mol. The van der Waals surface area contributed by atoms with Crippen molar-refractivity contribution in [1.82, 2.24) is 14.9 Å². The van der Waals surface area contributed by atoms with Gasteiger partial charge in [-0.15, -0.1) is 0 Å². The number of benzene rings is 3. The Balaban J connectivity index is 1.44. The van der Waals surface area contributed by atoms with Gasteiger partial charge in [0.05, 0.1) is 6.04 Å². The molecule has 42 heavy (non-hydrogen) atoms. The molecule has 0 aromatic heterocycles. The van der Waals surface area contributed by atoms with Crippen molar-refractivity contribution in [2.75, 3.05) is 13.1 Å². The number of amides is 2. The third-order valence-corrected chi connectivity index (χ3v) is 10.7. The Hall–Kier alpha value is -3.74. The van der Waals surface area contributed by atoms with E-state index in [0.29, 0.717) is 45.2 Å². The lowest BCUT2D eigenvalue weighted by molar-refractivity contribution is -0.152. The van der Waals surface area contributed by atoms with Crippen LogP contribution in [-0.4, -0.2) is 63.9 Å². The summed E-state index contributed by atoms with van der Waals surface area (Å²) < 4.78 is 14.8. The van der Waals surface area contributed by atoms with E-state index in [0.717, 1.165) is 16.7 Å². The Morgan fingerprint density at radius 1 is 0.738 bits per heavy atom. The minimum Gasteiger partial charge on any atom is -0.480 e. The number of nitrogens with zero attached hydrogens (tertiary/aromatic N) is 2. The molecule has 2 amide bonds.